The molecular formula is C13H13Cl2N3OS. The molecule has 0 aliphatic rings. The number of ether oxygens (including phenoxy) is 1. The number of aromatic nitrogens is 2. The first-order valence-corrected chi connectivity index (χ1v) is 6.97. The highest BCUT2D eigenvalue weighted by molar-refractivity contribution is 7.80. The van der Waals surface area contributed by atoms with E-state index in [1.165, 1.54) is 0 Å². The zero-order valence-corrected chi connectivity index (χ0v) is 13.3. The summed E-state index contributed by atoms with van der Waals surface area (Å²) in [7, 11) is 1.78. The second-order valence-corrected chi connectivity index (χ2v) is 5.45. The Morgan fingerprint density at radius 1 is 1.45 bits per heavy atom. The first kappa shape index (κ1) is 15.1. The SMILES string of the molecule is Cc1nn(C)c(Cl)c1COc1cccc(Cl)c1C(N)=S. The Balaban J connectivity index is 2.28. The third kappa shape index (κ3) is 2.90. The molecule has 0 saturated heterocycles. The fraction of sp³-hybridized carbons (Fsp3) is 0.231. The highest BCUT2D eigenvalue weighted by Crippen LogP contribution is 2.28. The van der Waals surface area contributed by atoms with Crippen molar-refractivity contribution in [1.82, 2.24) is 9.78 Å². The zero-order chi connectivity index (χ0) is 14.9. The second-order valence-electron chi connectivity index (χ2n) is 4.24. The fourth-order valence-electron chi connectivity index (χ4n) is 1.85. The molecule has 0 aliphatic heterocycles. The number of halogens is 2. The third-order valence-corrected chi connectivity index (χ3v) is 3.86. The molecule has 7 heteroatoms. The van der Waals surface area contributed by atoms with Gasteiger partial charge in [-0.3, -0.25) is 4.68 Å². The van der Waals surface area contributed by atoms with E-state index in [1.54, 1.807) is 29.9 Å². The van der Waals surface area contributed by atoms with Crippen LogP contribution in [0.2, 0.25) is 10.2 Å². The number of hydrogen-bond acceptors (Lipinski definition) is 3. The Morgan fingerprint density at radius 3 is 2.70 bits per heavy atom. The number of nitrogens with two attached hydrogens (primary N) is 1. The smallest absolute Gasteiger partial charge is 0.133 e. The minimum Gasteiger partial charge on any atom is -0.488 e. The van der Waals surface area contributed by atoms with E-state index in [0.29, 0.717) is 21.5 Å². The molecule has 2 aromatic rings. The van der Waals surface area contributed by atoms with E-state index in [1.807, 2.05) is 6.92 Å². The van der Waals surface area contributed by atoms with Crippen molar-refractivity contribution in [3.63, 3.8) is 0 Å². The Bertz CT molecular complexity index is 670. The van der Waals surface area contributed by atoms with Crippen molar-refractivity contribution < 1.29 is 4.74 Å². The number of nitrogens with zero attached hydrogens (tertiary/aromatic N) is 2. The summed E-state index contributed by atoms with van der Waals surface area (Å²) in [5.74, 6) is 0.532. The molecule has 0 aliphatic carbocycles. The molecule has 0 saturated carbocycles. The van der Waals surface area contributed by atoms with Gasteiger partial charge in [0.25, 0.3) is 0 Å². The predicted molar refractivity (Wildman–Crippen MR) is 84.6 cm³/mol. The van der Waals surface area contributed by atoms with E-state index in [9.17, 15) is 0 Å². The average molecular weight is 330 g/mol. The molecular weight excluding hydrogens is 317 g/mol. The molecule has 0 amide bonds. The molecule has 106 valence electrons. The minimum absolute atomic E-state index is 0.194. The molecule has 0 radical (unpaired) electrons. The summed E-state index contributed by atoms with van der Waals surface area (Å²) < 4.78 is 7.35. The topological polar surface area (TPSA) is 53.1 Å². The predicted octanol–water partition coefficient (Wildman–Crippen LogP) is 3.25. The van der Waals surface area contributed by atoms with Crippen molar-refractivity contribution in [3.8, 4) is 5.75 Å². The van der Waals surface area contributed by atoms with Crippen LogP contribution in [0.4, 0.5) is 0 Å². The molecule has 1 heterocycles. The van der Waals surface area contributed by atoms with Crippen LogP contribution < -0.4 is 10.5 Å². The molecule has 1 aromatic carbocycles. The van der Waals surface area contributed by atoms with Crippen LogP contribution in [-0.4, -0.2) is 14.8 Å². The molecule has 4 nitrogen and oxygen atoms in total. The van der Waals surface area contributed by atoms with Gasteiger partial charge in [-0.15, -0.1) is 0 Å². The summed E-state index contributed by atoms with van der Waals surface area (Å²) in [5.41, 5.74) is 7.84. The van der Waals surface area contributed by atoms with Crippen LogP contribution >= 0.6 is 35.4 Å². The maximum Gasteiger partial charge on any atom is 0.133 e. The van der Waals surface area contributed by atoms with Crippen LogP contribution in [-0.2, 0) is 13.7 Å². The van der Waals surface area contributed by atoms with Crippen molar-refractivity contribution >= 4 is 40.4 Å². The Labute approximate surface area is 132 Å². The molecule has 0 unspecified atom stereocenters. The van der Waals surface area contributed by atoms with Gasteiger partial charge in [-0.2, -0.15) is 5.10 Å². The van der Waals surface area contributed by atoms with Crippen LogP contribution in [0.25, 0.3) is 0 Å². The Morgan fingerprint density at radius 2 is 2.15 bits per heavy atom. The lowest BCUT2D eigenvalue weighted by molar-refractivity contribution is 0.305. The van der Waals surface area contributed by atoms with Gasteiger partial charge in [0.1, 0.15) is 22.5 Å². The van der Waals surface area contributed by atoms with Crippen molar-refractivity contribution in [1.29, 1.82) is 0 Å². The highest BCUT2D eigenvalue weighted by Gasteiger charge is 2.15. The number of benzene rings is 1. The molecule has 0 bridgehead atoms. The number of hydrogen-bond donors (Lipinski definition) is 1. The van der Waals surface area contributed by atoms with E-state index < -0.39 is 0 Å². The van der Waals surface area contributed by atoms with Crippen molar-refractivity contribution in [2.75, 3.05) is 0 Å². The lowest BCUT2D eigenvalue weighted by atomic mass is 10.2. The van der Waals surface area contributed by atoms with Crippen LogP contribution in [0.15, 0.2) is 18.2 Å². The fourth-order valence-corrected chi connectivity index (χ4v) is 2.61. The number of rotatable bonds is 4. The lowest BCUT2D eigenvalue weighted by Gasteiger charge is -2.11. The van der Waals surface area contributed by atoms with Gasteiger partial charge >= 0.3 is 0 Å². The van der Waals surface area contributed by atoms with Crippen LogP contribution in [0, 0.1) is 6.92 Å². The van der Waals surface area contributed by atoms with Crippen molar-refractivity contribution in [2.24, 2.45) is 12.8 Å². The summed E-state index contributed by atoms with van der Waals surface area (Å²) in [6.07, 6.45) is 0. The summed E-state index contributed by atoms with van der Waals surface area (Å²) in [5, 5.41) is 5.23. The first-order valence-electron chi connectivity index (χ1n) is 5.81. The molecule has 0 atom stereocenters. The molecule has 2 N–H and O–H groups in total. The molecule has 2 rings (SSSR count). The maximum atomic E-state index is 6.16. The van der Waals surface area contributed by atoms with Gasteiger partial charge in [0.15, 0.2) is 0 Å². The summed E-state index contributed by atoms with van der Waals surface area (Å²) in [4.78, 5) is 0.194. The van der Waals surface area contributed by atoms with E-state index in [0.717, 1.165) is 11.3 Å². The quantitative estimate of drug-likeness (QED) is 0.875. The average Bonchev–Trinajstić information content (AvgIpc) is 2.61. The van der Waals surface area contributed by atoms with Gasteiger partial charge in [-0.25, -0.2) is 0 Å². The standard InChI is InChI=1S/C13H13Cl2N3OS/c1-7-8(12(15)18(2)17-7)6-19-10-5-3-4-9(14)11(10)13(16)20/h3-5H,6H2,1-2H3,(H2,16,20). The van der Waals surface area contributed by atoms with Crippen LogP contribution in [0.1, 0.15) is 16.8 Å². The Hall–Kier alpha value is -1.30. The van der Waals surface area contributed by atoms with Crippen LogP contribution in [0.5, 0.6) is 5.75 Å². The monoisotopic (exact) mass is 329 g/mol. The van der Waals surface area contributed by atoms with Gasteiger partial charge in [-0.1, -0.05) is 41.5 Å². The molecule has 1 aromatic heterocycles. The van der Waals surface area contributed by atoms with E-state index in [2.05, 4.69) is 5.10 Å². The summed E-state index contributed by atoms with van der Waals surface area (Å²) >= 11 is 17.2. The van der Waals surface area contributed by atoms with Crippen molar-refractivity contribution in [3.05, 3.63) is 45.2 Å². The molecule has 0 spiro atoms. The van der Waals surface area contributed by atoms with Gasteiger partial charge in [0.2, 0.25) is 0 Å². The number of thiocarbonyl (C=S) groups is 1. The first-order chi connectivity index (χ1) is 9.41. The van der Waals surface area contributed by atoms with Gasteiger partial charge in [-0.05, 0) is 19.1 Å². The number of aryl methyl sites for hydroxylation is 2. The lowest BCUT2D eigenvalue weighted by Crippen LogP contribution is -2.12. The zero-order valence-electron chi connectivity index (χ0n) is 11.0. The Kier molecular flexibility index (Phi) is 4.52. The minimum atomic E-state index is 0.194. The molecule has 0 fully saturated rings. The highest BCUT2D eigenvalue weighted by atomic mass is 35.5. The van der Waals surface area contributed by atoms with E-state index >= 15 is 0 Å². The maximum absolute atomic E-state index is 6.16. The second kappa shape index (κ2) is 5.99. The normalized spacial score (nSPS) is 10.6. The van der Waals surface area contributed by atoms with E-state index in [-0.39, 0.29) is 11.6 Å². The van der Waals surface area contributed by atoms with E-state index in [4.69, 9.17) is 45.9 Å². The third-order valence-electron chi connectivity index (χ3n) is 2.86. The van der Waals surface area contributed by atoms with Gasteiger partial charge in [0, 0.05) is 12.6 Å². The van der Waals surface area contributed by atoms with Crippen LogP contribution in [0.3, 0.4) is 0 Å². The largest absolute Gasteiger partial charge is 0.488 e. The van der Waals surface area contributed by atoms with Gasteiger partial charge < -0.3 is 10.5 Å². The summed E-state index contributed by atoms with van der Waals surface area (Å²) in [6.45, 7) is 2.14. The van der Waals surface area contributed by atoms with Crippen molar-refractivity contribution in [2.45, 2.75) is 13.5 Å². The van der Waals surface area contributed by atoms with Gasteiger partial charge in [0.05, 0.1) is 16.3 Å². The molecule has 20 heavy (non-hydrogen) atoms. The summed E-state index contributed by atoms with van der Waals surface area (Å²) in [6, 6.07) is 5.25.